The summed E-state index contributed by atoms with van der Waals surface area (Å²) >= 11 is 13.1. The molecular weight excluding hydrogens is 552 g/mol. The molecule has 2 aromatic heterocycles. The van der Waals surface area contributed by atoms with Gasteiger partial charge >= 0.3 is 6.18 Å². The molecule has 4 rings (SSSR count). The first kappa shape index (κ1) is 30.3. The van der Waals surface area contributed by atoms with Gasteiger partial charge in [0.2, 0.25) is 0 Å². The van der Waals surface area contributed by atoms with Crippen molar-refractivity contribution in [2.45, 2.75) is 82.7 Å². The molecule has 0 amide bonds. The first-order chi connectivity index (χ1) is 18.4. The van der Waals surface area contributed by atoms with Crippen LogP contribution >= 0.6 is 23.2 Å². The van der Waals surface area contributed by atoms with Gasteiger partial charge in [-0.1, -0.05) is 23.2 Å². The molecule has 2 aliphatic rings. The minimum Gasteiger partial charge on any atom is -0.382 e. The highest BCUT2D eigenvalue weighted by atomic mass is 35.5. The molecule has 0 spiro atoms. The van der Waals surface area contributed by atoms with E-state index < -0.39 is 18.8 Å². The molecular formula is C28H37Cl2F3N4O2. The lowest BCUT2D eigenvalue weighted by Gasteiger charge is -2.35. The highest BCUT2D eigenvalue weighted by Gasteiger charge is 2.38. The van der Waals surface area contributed by atoms with E-state index in [1.807, 2.05) is 18.2 Å². The number of aromatic nitrogens is 2. The van der Waals surface area contributed by atoms with Crippen molar-refractivity contribution in [3.8, 4) is 11.3 Å². The van der Waals surface area contributed by atoms with Gasteiger partial charge in [0.1, 0.15) is 5.82 Å². The molecule has 6 nitrogen and oxygen atoms in total. The summed E-state index contributed by atoms with van der Waals surface area (Å²) in [6, 6.07) is 5.59. The number of nitrogens with zero attached hydrogens (tertiary/aromatic N) is 2. The molecule has 2 atom stereocenters. The zero-order chi connectivity index (χ0) is 28.2. The van der Waals surface area contributed by atoms with Crippen LogP contribution in [-0.2, 0) is 11.2 Å². The average molecular weight is 590 g/mol. The molecule has 1 aliphatic carbocycles. The zero-order valence-corrected chi connectivity index (χ0v) is 23.8. The van der Waals surface area contributed by atoms with E-state index in [1.54, 1.807) is 6.20 Å². The Kier molecular flexibility index (Phi) is 10.0. The van der Waals surface area contributed by atoms with Crippen LogP contribution in [0, 0.1) is 11.8 Å². The number of halogens is 5. The van der Waals surface area contributed by atoms with Crippen molar-refractivity contribution in [3.63, 3.8) is 0 Å². The summed E-state index contributed by atoms with van der Waals surface area (Å²) in [5, 5.41) is 16.5. The molecule has 0 aromatic carbocycles. The third kappa shape index (κ3) is 8.67. The molecule has 0 bridgehead atoms. The first-order valence-electron chi connectivity index (χ1n) is 13.6. The van der Waals surface area contributed by atoms with Gasteiger partial charge < -0.3 is 20.5 Å². The van der Waals surface area contributed by atoms with E-state index in [-0.39, 0.29) is 11.6 Å². The molecule has 39 heavy (non-hydrogen) atoms. The van der Waals surface area contributed by atoms with E-state index in [0.717, 1.165) is 75.2 Å². The number of hydrogen-bond acceptors (Lipinski definition) is 6. The molecule has 1 saturated heterocycles. The highest BCUT2D eigenvalue weighted by Crippen LogP contribution is 2.35. The normalized spacial score (nSPS) is 24.4. The van der Waals surface area contributed by atoms with Crippen molar-refractivity contribution in [2.75, 3.05) is 25.0 Å². The second kappa shape index (κ2) is 12.9. The summed E-state index contributed by atoms with van der Waals surface area (Å²) in [6.07, 6.45) is 0.630. The van der Waals surface area contributed by atoms with Crippen LogP contribution in [0.2, 0.25) is 10.0 Å². The van der Waals surface area contributed by atoms with Gasteiger partial charge in [-0.25, -0.2) is 4.98 Å². The Morgan fingerprint density at radius 1 is 1.10 bits per heavy atom. The maximum Gasteiger partial charge on any atom is 0.415 e. The van der Waals surface area contributed by atoms with E-state index in [2.05, 4.69) is 29.5 Å². The summed E-state index contributed by atoms with van der Waals surface area (Å²) in [4.78, 5) is 9.30. The van der Waals surface area contributed by atoms with Gasteiger partial charge in [0.05, 0.1) is 21.3 Å². The number of aliphatic hydroxyl groups excluding tert-OH is 1. The number of pyridine rings is 2. The van der Waals surface area contributed by atoms with Crippen LogP contribution in [0.15, 0.2) is 24.4 Å². The van der Waals surface area contributed by atoms with Crippen LogP contribution in [0.5, 0.6) is 0 Å². The molecule has 2 aromatic rings. The SMILES string of the molecule is CC1(C)CC(CNc2ccc(Cl)c(-c3cc(CC4CCC(NC[C@@H](O)C(F)(F)F)CC4)ncc3Cl)n2)CCO1. The van der Waals surface area contributed by atoms with Crippen LogP contribution in [0.25, 0.3) is 11.3 Å². The standard InChI is InChI=1S/C28H37Cl2F3N4O2/c1-27(2)13-18(9-10-39-27)14-36-25-8-7-22(29)26(37-25)21-12-20(34-15-23(21)30)11-17-3-5-19(6-4-17)35-16-24(38)28(31,32)33/h7-8,12,15,17-19,24,35,38H,3-6,9-11,13-14,16H2,1-2H3,(H,36,37)/t17?,18?,19?,24-/m1/s1. The number of alkyl halides is 3. The number of nitrogens with one attached hydrogen (secondary N) is 2. The van der Waals surface area contributed by atoms with E-state index in [9.17, 15) is 18.3 Å². The van der Waals surface area contributed by atoms with E-state index >= 15 is 0 Å². The number of rotatable bonds is 9. The quantitative estimate of drug-likeness (QED) is 0.303. The van der Waals surface area contributed by atoms with Crippen LogP contribution in [0.1, 0.15) is 58.1 Å². The Balaban J connectivity index is 1.35. The summed E-state index contributed by atoms with van der Waals surface area (Å²) < 4.78 is 43.5. The van der Waals surface area contributed by atoms with Crippen LogP contribution in [0.3, 0.4) is 0 Å². The Morgan fingerprint density at radius 2 is 1.85 bits per heavy atom. The van der Waals surface area contributed by atoms with Crippen molar-refractivity contribution < 1.29 is 23.0 Å². The predicted octanol–water partition coefficient (Wildman–Crippen LogP) is 6.68. The van der Waals surface area contributed by atoms with Crippen LogP contribution in [-0.4, -0.2) is 58.7 Å². The Hall–Kier alpha value is -1.65. The summed E-state index contributed by atoms with van der Waals surface area (Å²) in [6.45, 7) is 5.31. The van der Waals surface area contributed by atoms with Gasteiger partial charge in [-0.15, -0.1) is 0 Å². The van der Waals surface area contributed by atoms with E-state index in [0.29, 0.717) is 27.6 Å². The molecule has 11 heteroatoms. The van der Waals surface area contributed by atoms with Crippen LogP contribution < -0.4 is 10.6 Å². The minimum atomic E-state index is -4.60. The zero-order valence-electron chi connectivity index (χ0n) is 22.3. The second-order valence-electron chi connectivity index (χ2n) is 11.4. The maximum absolute atomic E-state index is 12.6. The molecule has 3 heterocycles. The summed E-state index contributed by atoms with van der Waals surface area (Å²) in [5.74, 6) is 1.58. The van der Waals surface area contributed by atoms with E-state index in [4.69, 9.17) is 32.9 Å². The van der Waals surface area contributed by atoms with Gasteiger partial charge in [-0.05, 0) is 88.8 Å². The van der Waals surface area contributed by atoms with Crippen LogP contribution in [0.4, 0.5) is 19.0 Å². The minimum absolute atomic E-state index is 0.0301. The molecule has 1 aliphatic heterocycles. The Bertz CT molecular complexity index is 1110. The average Bonchev–Trinajstić information content (AvgIpc) is 2.88. The first-order valence-corrected chi connectivity index (χ1v) is 14.3. The van der Waals surface area contributed by atoms with Crippen molar-refractivity contribution >= 4 is 29.0 Å². The number of anilines is 1. The van der Waals surface area contributed by atoms with Crippen molar-refractivity contribution in [2.24, 2.45) is 11.8 Å². The van der Waals surface area contributed by atoms with Gasteiger partial charge in [0.25, 0.3) is 0 Å². The van der Waals surface area contributed by atoms with E-state index in [1.165, 1.54) is 0 Å². The fourth-order valence-corrected chi connectivity index (χ4v) is 5.95. The lowest BCUT2D eigenvalue weighted by Crippen LogP contribution is -2.43. The number of aliphatic hydroxyl groups is 1. The smallest absolute Gasteiger partial charge is 0.382 e. The van der Waals surface area contributed by atoms with Gasteiger partial charge in [-0.3, -0.25) is 4.98 Å². The summed E-state index contributed by atoms with van der Waals surface area (Å²) in [7, 11) is 0. The fraction of sp³-hybridized carbons (Fsp3) is 0.643. The number of ether oxygens (including phenoxy) is 1. The lowest BCUT2D eigenvalue weighted by molar-refractivity contribution is -0.202. The van der Waals surface area contributed by atoms with Gasteiger partial charge in [0, 0.05) is 43.2 Å². The number of hydrogen-bond donors (Lipinski definition) is 3. The maximum atomic E-state index is 12.6. The van der Waals surface area contributed by atoms with Crippen molar-refractivity contribution in [1.29, 1.82) is 0 Å². The van der Waals surface area contributed by atoms with Gasteiger partial charge in [0.15, 0.2) is 6.10 Å². The summed E-state index contributed by atoms with van der Waals surface area (Å²) in [5.41, 5.74) is 2.08. The molecule has 1 saturated carbocycles. The third-order valence-corrected chi connectivity index (χ3v) is 8.31. The third-order valence-electron chi connectivity index (χ3n) is 7.71. The van der Waals surface area contributed by atoms with Crippen molar-refractivity contribution in [1.82, 2.24) is 15.3 Å². The topological polar surface area (TPSA) is 79.3 Å². The largest absolute Gasteiger partial charge is 0.415 e. The van der Waals surface area contributed by atoms with Gasteiger partial charge in [-0.2, -0.15) is 13.2 Å². The van der Waals surface area contributed by atoms with Crippen molar-refractivity contribution in [3.05, 3.63) is 40.1 Å². The second-order valence-corrected chi connectivity index (χ2v) is 12.2. The Morgan fingerprint density at radius 3 is 2.54 bits per heavy atom. The fourth-order valence-electron chi connectivity index (χ4n) is 5.55. The molecule has 216 valence electrons. The molecule has 1 unspecified atom stereocenters. The molecule has 0 radical (unpaired) electrons. The monoisotopic (exact) mass is 588 g/mol. The Labute approximate surface area is 238 Å². The molecule has 3 N–H and O–H groups in total. The predicted molar refractivity (Wildman–Crippen MR) is 148 cm³/mol. The highest BCUT2D eigenvalue weighted by molar-refractivity contribution is 6.36. The lowest BCUT2D eigenvalue weighted by atomic mass is 9.83. The molecule has 2 fully saturated rings.